The Bertz CT molecular complexity index is 1040. The minimum Gasteiger partial charge on any atom is -0.465 e. The summed E-state index contributed by atoms with van der Waals surface area (Å²) in [6.45, 7) is 5.46. The lowest BCUT2D eigenvalue weighted by molar-refractivity contribution is -0.117. The number of hydrogen-bond donors (Lipinski definition) is 2. The molecule has 172 valence electrons. The van der Waals surface area contributed by atoms with E-state index in [-0.39, 0.29) is 27.9 Å². The third kappa shape index (κ3) is 5.79. The fourth-order valence-corrected chi connectivity index (χ4v) is 5.08. The van der Waals surface area contributed by atoms with Crippen LogP contribution >= 0.6 is 34.5 Å². The minimum absolute atomic E-state index is 0.157. The van der Waals surface area contributed by atoms with E-state index in [4.69, 9.17) is 33.7 Å². The molecular formula is C21H24Cl2N4O4S. The Labute approximate surface area is 200 Å². The summed E-state index contributed by atoms with van der Waals surface area (Å²) in [6.07, 6.45) is 0. The number of thiophene rings is 1. The van der Waals surface area contributed by atoms with E-state index >= 15 is 0 Å². The Kier molecular flexibility index (Phi) is 8.13. The van der Waals surface area contributed by atoms with Gasteiger partial charge in [-0.15, -0.1) is 11.3 Å². The van der Waals surface area contributed by atoms with E-state index < -0.39 is 11.9 Å². The summed E-state index contributed by atoms with van der Waals surface area (Å²) < 4.78 is 4.79. The van der Waals surface area contributed by atoms with Crippen molar-refractivity contribution < 1.29 is 19.1 Å². The average Bonchev–Trinajstić information content (AvgIpc) is 3.06. The largest absolute Gasteiger partial charge is 0.465 e. The van der Waals surface area contributed by atoms with E-state index in [1.54, 1.807) is 13.0 Å². The maximum atomic E-state index is 12.6. The van der Waals surface area contributed by atoms with Gasteiger partial charge in [-0.2, -0.15) is 0 Å². The van der Waals surface area contributed by atoms with Crippen molar-refractivity contribution in [3.63, 3.8) is 0 Å². The number of hydrogen-bond acceptors (Lipinski definition) is 7. The van der Waals surface area contributed by atoms with Crippen LogP contribution in [0.1, 0.15) is 31.2 Å². The maximum Gasteiger partial charge on any atom is 0.341 e. The van der Waals surface area contributed by atoms with Crippen LogP contribution < -0.4 is 11.1 Å². The normalized spacial score (nSPS) is 14.9. The van der Waals surface area contributed by atoms with Crippen molar-refractivity contribution in [2.75, 3.05) is 45.2 Å². The van der Waals surface area contributed by atoms with E-state index in [1.807, 2.05) is 17.0 Å². The monoisotopic (exact) mass is 498 g/mol. The lowest BCUT2D eigenvalue weighted by atomic mass is 10.1. The van der Waals surface area contributed by atoms with Crippen LogP contribution in [0.5, 0.6) is 0 Å². The highest BCUT2D eigenvalue weighted by Gasteiger charge is 2.26. The summed E-state index contributed by atoms with van der Waals surface area (Å²) in [4.78, 5) is 40.9. The molecule has 2 amide bonds. The average molecular weight is 499 g/mol. The number of ether oxygens (including phenoxy) is 1. The number of nitrogens with zero attached hydrogens (tertiary/aromatic N) is 2. The Morgan fingerprint density at radius 2 is 1.81 bits per heavy atom. The van der Waals surface area contributed by atoms with Gasteiger partial charge in [-0.3, -0.25) is 19.4 Å². The van der Waals surface area contributed by atoms with E-state index in [0.717, 1.165) is 30.0 Å². The molecule has 3 rings (SSSR count). The van der Waals surface area contributed by atoms with Crippen molar-refractivity contribution in [3.05, 3.63) is 49.8 Å². The Morgan fingerprint density at radius 3 is 2.41 bits per heavy atom. The van der Waals surface area contributed by atoms with Crippen LogP contribution in [0.3, 0.4) is 0 Å². The van der Waals surface area contributed by atoms with Crippen molar-refractivity contribution >= 4 is 57.3 Å². The second-order valence-corrected chi connectivity index (χ2v) is 9.32. The van der Waals surface area contributed by atoms with Crippen LogP contribution in [0.2, 0.25) is 10.0 Å². The number of benzene rings is 1. The van der Waals surface area contributed by atoms with Gasteiger partial charge < -0.3 is 15.8 Å². The van der Waals surface area contributed by atoms with Gasteiger partial charge in [0, 0.05) is 42.8 Å². The molecule has 1 aliphatic rings. The van der Waals surface area contributed by atoms with Gasteiger partial charge in [0.2, 0.25) is 5.91 Å². The molecule has 1 aromatic heterocycles. The van der Waals surface area contributed by atoms with E-state index in [9.17, 15) is 14.4 Å². The first-order valence-corrected chi connectivity index (χ1v) is 11.5. The zero-order valence-electron chi connectivity index (χ0n) is 17.7. The van der Waals surface area contributed by atoms with E-state index in [0.29, 0.717) is 35.2 Å². The number of carbonyl (C=O) groups is 3. The molecule has 3 N–H and O–H groups in total. The third-order valence-electron chi connectivity index (χ3n) is 5.25. The van der Waals surface area contributed by atoms with Crippen LogP contribution in [0.25, 0.3) is 0 Å². The van der Waals surface area contributed by atoms with Crippen LogP contribution in [-0.4, -0.2) is 67.4 Å². The number of halogens is 2. The second-order valence-electron chi connectivity index (χ2n) is 7.45. The van der Waals surface area contributed by atoms with Gasteiger partial charge in [0.25, 0.3) is 5.91 Å². The number of carbonyl (C=O) groups excluding carboxylic acids is 3. The van der Waals surface area contributed by atoms with Gasteiger partial charge in [0.15, 0.2) is 0 Å². The first-order valence-electron chi connectivity index (χ1n) is 9.89. The molecule has 0 radical (unpaired) electrons. The molecule has 0 saturated carbocycles. The maximum absolute atomic E-state index is 12.6. The van der Waals surface area contributed by atoms with Crippen LogP contribution in [0.4, 0.5) is 5.00 Å². The van der Waals surface area contributed by atoms with Crippen LogP contribution in [0, 0.1) is 6.92 Å². The first kappa shape index (κ1) is 24.5. The summed E-state index contributed by atoms with van der Waals surface area (Å²) >= 11 is 13.2. The molecule has 32 heavy (non-hydrogen) atoms. The Morgan fingerprint density at radius 1 is 1.16 bits per heavy atom. The number of anilines is 1. The molecule has 0 unspecified atom stereocenters. The number of nitrogens with one attached hydrogen (secondary N) is 1. The fraction of sp³-hybridized carbons (Fsp3) is 0.381. The number of methoxy groups -OCH3 is 1. The first-order chi connectivity index (χ1) is 15.2. The highest BCUT2D eigenvalue weighted by atomic mass is 35.5. The number of piperazine rings is 1. The fourth-order valence-electron chi connectivity index (χ4n) is 3.55. The number of esters is 1. The summed E-state index contributed by atoms with van der Waals surface area (Å²) in [5, 5.41) is 4.25. The highest BCUT2D eigenvalue weighted by molar-refractivity contribution is 7.18. The minimum atomic E-state index is -0.657. The topological polar surface area (TPSA) is 105 Å². The summed E-state index contributed by atoms with van der Waals surface area (Å²) in [6, 6.07) is 5.48. The lowest BCUT2D eigenvalue weighted by Gasteiger charge is -2.34. The Hall–Kier alpha value is -2.17. The molecule has 2 aromatic rings. The van der Waals surface area contributed by atoms with Crippen molar-refractivity contribution in [1.82, 2.24) is 9.80 Å². The molecular weight excluding hydrogens is 475 g/mol. The summed E-state index contributed by atoms with van der Waals surface area (Å²) in [5.41, 5.74) is 6.95. The molecule has 0 atom stereocenters. The quantitative estimate of drug-likeness (QED) is 0.568. The van der Waals surface area contributed by atoms with Gasteiger partial charge in [0.05, 0.1) is 24.1 Å². The standard InChI is InChI=1S/C21H24Cl2N4O4S/c1-12-17(21(30)31-2)20(32-18(12)19(24)29)25-16(28)11-27-7-5-26(6-8-27)10-13-3-4-14(22)9-15(13)23/h3-4,9H,5-8,10-11H2,1-2H3,(H2,24,29)(H,25,28). The summed E-state index contributed by atoms with van der Waals surface area (Å²) in [7, 11) is 1.24. The Balaban J connectivity index is 1.57. The molecule has 1 saturated heterocycles. The molecule has 1 fully saturated rings. The van der Waals surface area contributed by atoms with E-state index in [1.165, 1.54) is 7.11 Å². The molecule has 1 aliphatic heterocycles. The molecule has 1 aromatic carbocycles. The molecule has 0 bridgehead atoms. The number of nitrogens with two attached hydrogens (primary N) is 1. The SMILES string of the molecule is COC(=O)c1c(NC(=O)CN2CCN(Cc3ccc(Cl)cc3Cl)CC2)sc(C(N)=O)c1C. The third-order valence-corrected chi connectivity index (χ3v) is 7.06. The highest BCUT2D eigenvalue weighted by Crippen LogP contribution is 2.33. The van der Waals surface area contributed by atoms with Crippen molar-refractivity contribution in [2.45, 2.75) is 13.5 Å². The van der Waals surface area contributed by atoms with Gasteiger partial charge in [-0.1, -0.05) is 29.3 Å². The second kappa shape index (κ2) is 10.6. The van der Waals surface area contributed by atoms with Crippen LogP contribution in [0.15, 0.2) is 18.2 Å². The number of primary amides is 1. The smallest absolute Gasteiger partial charge is 0.341 e. The number of amides is 2. The van der Waals surface area contributed by atoms with Crippen molar-refractivity contribution in [3.8, 4) is 0 Å². The predicted molar refractivity (Wildman–Crippen MR) is 126 cm³/mol. The van der Waals surface area contributed by atoms with Gasteiger partial charge >= 0.3 is 5.97 Å². The molecule has 8 nitrogen and oxygen atoms in total. The predicted octanol–water partition coefficient (Wildman–Crippen LogP) is 3.01. The molecule has 0 spiro atoms. The lowest BCUT2D eigenvalue weighted by Crippen LogP contribution is -2.48. The zero-order valence-corrected chi connectivity index (χ0v) is 20.1. The summed E-state index contributed by atoms with van der Waals surface area (Å²) in [5.74, 6) is -1.56. The van der Waals surface area contributed by atoms with Gasteiger partial charge in [-0.25, -0.2) is 4.79 Å². The molecule has 11 heteroatoms. The van der Waals surface area contributed by atoms with Crippen molar-refractivity contribution in [2.24, 2.45) is 5.73 Å². The van der Waals surface area contributed by atoms with E-state index in [2.05, 4.69) is 10.2 Å². The zero-order chi connectivity index (χ0) is 23.4. The molecule has 2 heterocycles. The van der Waals surface area contributed by atoms with Gasteiger partial charge in [-0.05, 0) is 30.2 Å². The van der Waals surface area contributed by atoms with Gasteiger partial charge in [0.1, 0.15) is 5.00 Å². The van der Waals surface area contributed by atoms with Crippen LogP contribution in [-0.2, 0) is 16.1 Å². The van der Waals surface area contributed by atoms with Crippen molar-refractivity contribution in [1.29, 1.82) is 0 Å². The molecule has 0 aliphatic carbocycles. The number of rotatable bonds is 7.